The summed E-state index contributed by atoms with van der Waals surface area (Å²) in [5, 5.41) is 4.05. The number of nitrogens with zero attached hydrogens (tertiary/aromatic N) is 3. The van der Waals surface area contributed by atoms with Crippen molar-refractivity contribution in [3.05, 3.63) is 41.5 Å². The third-order valence-electron chi connectivity index (χ3n) is 5.86. The second-order valence-corrected chi connectivity index (χ2v) is 9.95. The number of benzene rings is 1. The maximum absolute atomic E-state index is 13.0. The predicted octanol–water partition coefficient (Wildman–Crippen LogP) is 2.54. The molecule has 1 atom stereocenters. The maximum Gasteiger partial charge on any atom is 0.243 e. The zero-order chi connectivity index (χ0) is 21.0. The van der Waals surface area contributed by atoms with Crippen LogP contribution in [0.4, 0.5) is 0 Å². The second kappa shape index (κ2) is 9.55. The lowest BCUT2D eigenvalue weighted by Crippen LogP contribution is -2.29. The predicted molar refractivity (Wildman–Crippen MR) is 110 cm³/mol. The minimum atomic E-state index is -3.52. The van der Waals surface area contributed by atoms with Crippen LogP contribution < -0.4 is 0 Å². The summed E-state index contributed by atoms with van der Waals surface area (Å²) in [5.41, 5.74) is 0.752. The fourth-order valence-corrected chi connectivity index (χ4v) is 5.72. The van der Waals surface area contributed by atoms with Crippen molar-refractivity contribution in [1.82, 2.24) is 14.4 Å². The smallest absolute Gasteiger partial charge is 0.243 e. The molecule has 2 fully saturated rings. The average molecular weight is 436 g/mol. The van der Waals surface area contributed by atoms with Crippen LogP contribution in [0, 0.1) is 12.8 Å². The first-order valence-electron chi connectivity index (χ1n) is 10.6. The van der Waals surface area contributed by atoms with E-state index in [2.05, 4.69) is 10.1 Å². The summed E-state index contributed by atoms with van der Waals surface area (Å²) in [7, 11) is -3.52. The lowest BCUT2D eigenvalue weighted by Gasteiger charge is -2.21. The lowest BCUT2D eigenvalue weighted by atomic mass is 10.0. The van der Waals surface area contributed by atoms with Gasteiger partial charge < -0.3 is 14.0 Å². The van der Waals surface area contributed by atoms with Gasteiger partial charge in [-0.2, -0.15) is 9.29 Å². The summed E-state index contributed by atoms with van der Waals surface area (Å²) in [5.74, 6) is 1.61. The van der Waals surface area contributed by atoms with Crippen LogP contribution in [0.5, 0.6) is 0 Å². The fraction of sp³-hybridized carbons (Fsp3) is 0.619. The first-order valence-corrected chi connectivity index (χ1v) is 12.0. The first-order chi connectivity index (χ1) is 14.5. The topological polar surface area (TPSA) is 94.8 Å². The van der Waals surface area contributed by atoms with Crippen molar-refractivity contribution in [3.63, 3.8) is 0 Å². The minimum absolute atomic E-state index is 0.0757. The average Bonchev–Trinajstić information content (AvgIpc) is 3.42. The molecule has 4 rings (SSSR count). The third-order valence-corrected chi connectivity index (χ3v) is 7.89. The SMILES string of the molecule is Cc1ccccc1S(=O)(=O)N1CCC(c2nc(CCOCC3CCOCC3)no2)C1. The van der Waals surface area contributed by atoms with E-state index in [-0.39, 0.29) is 5.92 Å². The molecule has 0 bridgehead atoms. The van der Waals surface area contributed by atoms with E-state index in [4.69, 9.17) is 14.0 Å². The molecule has 0 N–H and O–H groups in total. The second-order valence-electron chi connectivity index (χ2n) is 8.04. The van der Waals surface area contributed by atoms with Crippen LogP contribution in [0.15, 0.2) is 33.7 Å². The molecule has 30 heavy (non-hydrogen) atoms. The summed E-state index contributed by atoms with van der Waals surface area (Å²) in [6.07, 6.45) is 3.36. The van der Waals surface area contributed by atoms with E-state index < -0.39 is 10.0 Å². The molecule has 1 aromatic carbocycles. The summed E-state index contributed by atoms with van der Waals surface area (Å²) >= 11 is 0. The van der Waals surface area contributed by atoms with E-state index in [0.717, 1.165) is 38.2 Å². The quantitative estimate of drug-likeness (QED) is 0.588. The Kier molecular flexibility index (Phi) is 6.82. The van der Waals surface area contributed by atoms with Crippen LogP contribution in [0.2, 0.25) is 0 Å². The molecule has 2 aliphatic heterocycles. The molecule has 2 aliphatic rings. The van der Waals surface area contributed by atoms with Crippen LogP contribution >= 0.6 is 0 Å². The standard InChI is InChI=1S/C21H29N3O5S/c1-16-4-2-3-5-19(16)30(25,26)24-10-6-18(14-24)21-22-20(23-29-21)9-13-28-15-17-7-11-27-12-8-17/h2-5,17-18H,6-15H2,1H3. The molecule has 2 aromatic rings. The third kappa shape index (κ3) is 4.91. The lowest BCUT2D eigenvalue weighted by molar-refractivity contribution is 0.0211. The molecule has 2 saturated heterocycles. The van der Waals surface area contributed by atoms with Gasteiger partial charge in [0, 0.05) is 39.3 Å². The number of hydrogen-bond donors (Lipinski definition) is 0. The molecular weight excluding hydrogens is 406 g/mol. The monoisotopic (exact) mass is 435 g/mol. The molecule has 0 amide bonds. The number of aromatic nitrogens is 2. The molecule has 1 aromatic heterocycles. The Labute approximate surface area is 177 Å². The zero-order valence-corrected chi connectivity index (χ0v) is 18.1. The molecule has 9 heteroatoms. The van der Waals surface area contributed by atoms with Crippen molar-refractivity contribution in [1.29, 1.82) is 0 Å². The van der Waals surface area contributed by atoms with Gasteiger partial charge in [0.1, 0.15) is 0 Å². The zero-order valence-electron chi connectivity index (χ0n) is 17.3. The van der Waals surface area contributed by atoms with E-state index in [9.17, 15) is 8.42 Å². The summed E-state index contributed by atoms with van der Waals surface area (Å²) in [6.45, 7) is 5.55. The van der Waals surface area contributed by atoms with Crippen molar-refractivity contribution < 1.29 is 22.4 Å². The number of ether oxygens (including phenoxy) is 2. The van der Waals surface area contributed by atoms with Gasteiger partial charge in [0.15, 0.2) is 5.82 Å². The van der Waals surface area contributed by atoms with Crippen molar-refractivity contribution in [3.8, 4) is 0 Å². The van der Waals surface area contributed by atoms with Crippen molar-refractivity contribution >= 4 is 10.0 Å². The van der Waals surface area contributed by atoms with Crippen LogP contribution in [0.3, 0.4) is 0 Å². The molecule has 0 radical (unpaired) electrons. The molecular formula is C21H29N3O5S. The summed E-state index contributed by atoms with van der Waals surface area (Å²) < 4.78 is 44.0. The molecule has 164 valence electrons. The van der Waals surface area contributed by atoms with Gasteiger partial charge in [0.05, 0.1) is 17.4 Å². The minimum Gasteiger partial charge on any atom is -0.381 e. The van der Waals surface area contributed by atoms with Crippen LogP contribution in [0.25, 0.3) is 0 Å². The normalized spacial score (nSPS) is 21.3. The highest BCUT2D eigenvalue weighted by Crippen LogP contribution is 2.31. The molecule has 0 saturated carbocycles. The Bertz CT molecular complexity index is 940. The van der Waals surface area contributed by atoms with Gasteiger partial charge in [-0.25, -0.2) is 8.42 Å². The van der Waals surface area contributed by atoms with E-state index in [1.807, 2.05) is 19.1 Å². The molecule has 0 spiro atoms. The number of rotatable bonds is 8. The van der Waals surface area contributed by atoms with E-state index in [1.165, 1.54) is 4.31 Å². The van der Waals surface area contributed by atoms with Gasteiger partial charge in [-0.1, -0.05) is 23.4 Å². The highest BCUT2D eigenvalue weighted by Gasteiger charge is 2.36. The Balaban J connectivity index is 1.28. The Morgan fingerprint density at radius 3 is 2.80 bits per heavy atom. The van der Waals surface area contributed by atoms with Crippen molar-refractivity contribution in [2.45, 2.75) is 43.4 Å². The van der Waals surface area contributed by atoms with Crippen LogP contribution in [-0.4, -0.2) is 62.4 Å². The Morgan fingerprint density at radius 1 is 1.20 bits per heavy atom. The molecule has 8 nitrogen and oxygen atoms in total. The first kappa shape index (κ1) is 21.4. The maximum atomic E-state index is 13.0. The fourth-order valence-electron chi connectivity index (χ4n) is 3.99. The van der Waals surface area contributed by atoms with Crippen LogP contribution in [-0.2, 0) is 25.9 Å². The Hall–Kier alpha value is -1.81. The molecule has 3 heterocycles. The van der Waals surface area contributed by atoms with E-state index in [1.54, 1.807) is 12.1 Å². The van der Waals surface area contributed by atoms with Gasteiger partial charge in [-0.05, 0) is 43.7 Å². The number of aryl methyl sites for hydroxylation is 1. The van der Waals surface area contributed by atoms with E-state index in [0.29, 0.717) is 55.1 Å². The van der Waals surface area contributed by atoms with Gasteiger partial charge in [0.25, 0.3) is 0 Å². The van der Waals surface area contributed by atoms with Gasteiger partial charge >= 0.3 is 0 Å². The van der Waals surface area contributed by atoms with Gasteiger partial charge in [-0.15, -0.1) is 0 Å². The summed E-state index contributed by atoms with van der Waals surface area (Å²) in [4.78, 5) is 4.84. The van der Waals surface area contributed by atoms with E-state index >= 15 is 0 Å². The number of sulfonamides is 1. The van der Waals surface area contributed by atoms with Crippen molar-refractivity contribution in [2.75, 3.05) is 39.5 Å². The van der Waals surface area contributed by atoms with Crippen LogP contribution in [0.1, 0.15) is 42.5 Å². The summed E-state index contributed by atoms with van der Waals surface area (Å²) in [6, 6.07) is 7.06. The highest BCUT2D eigenvalue weighted by molar-refractivity contribution is 7.89. The van der Waals surface area contributed by atoms with Crippen molar-refractivity contribution in [2.24, 2.45) is 5.92 Å². The Morgan fingerprint density at radius 2 is 2.00 bits per heavy atom. The number of hydrogen-bond acceptors (Lipinski definition) is 7. The molecule has 1 unspecified atom stereocenters. The molecule has 0 aliphatic carbocycles. The largest absolute Gasteiger partial charge is 0.381 e. The van der Waals surface area contributed by atoms with Gasteiger partial charge in [-0.3, -0.25) is 0 Å². The highest BCUT2D eigenvalue weighted by atomic mass is 32.2. The van der Waals surface area contributed by atoms with Gasteiger partial charge in [0.2, 0.25) is 15.9 Å².